The van der Waals surface area contributed by atoms with Crippen LogP contribution in [0.4, 0.5) is 8.78 Å². The minimum atomic E-state index is -0.836. The van der Waals surface area contributed by atoms with Gasteiger partial charge in [0.15, 0.2) is 0 Å². The maximum Gasteiger partial charge on any atom is 0.126 e. The molecule has 3 aromatic rings. The molecule has 0 saturated heterocycles. The average Bonchev–Trinajstić information content (AvgIpc) is 2.45. The first-order valence-electron chi connectivity index (χ1n) is 6.59. The molecule has 2 aromatic carbocycles. The van der Waals surface area contributed by atoms with E-state index in [1.165, 1.54) is 12.1 Å². The van der Waals surface area contributed by atoms with Crippen LogP contribution in [-0.4, -0.2) is 10.1 Å². The van der Waals surface area contributed by atoms with Crippen molar-refractivity contribution in [2.24, 2.45) is 0 Å². The zero-order chi connectivity index (χ0) is 14.8. The Bertz CT molecular complexity index is 768. The molecule has 0 bridgehead atoms. The minimum Gasteiger partial charge on any atom is -0.388 e. The fourth-order valence-electron chi connectivity index (χ4n) is 2.36. The normalized spacial score (nSPS) is 12.5. The summed E-state index contributed by atoms with van der Waals surface area (Å²) in [7, 11) is 0. The van der Waals surface area contributed by atoms with Gasteiger partial charge in [-0.2, -0.15) is 0 Å². The Morgan fingerprint density at radius 2 is 1.76 bits per heavy atom. The number of benzene rings is 2. The number of hydrogen-bond acceptors (Lipinski definition) is 2. The maximum atomic E-state index is 13.2. The van der Waals surface area contributed by atoms with Gasteiger partial charge in [-0.1, -0.05) is 18.2 Å². The van der Waals surface area contributed by atoms with Crippen molar-refractivity contribution in [2.75, 3.05) is 0 Å². The smallest absolute Gasteiger partial charge is 0.126 e. The van der Waals surface area contributed by atoms with Crippen LogP contribution in [0.5, 0.6) is 0 Å². The van der Waals surface area contributed by atoms with Crippen molar-refractivity contribution in [3.05, 3.63) is 77.5 Å². The number of halogens is 2. The van der Waals surface area contributed by atoms with Crippen LogP contribution in [0.2, 0.25) is 0 Å². The first-order valence-corrected chi connectivity index (χ1v) is 6.59. The van der Waals surface area contributed by atoms with E-state index in [-0.39, 0.29) is 6.42 Å². The Morgan fingerprint density at radius 3 is 2.52 bits per heavy atom. The van der Waals surface area contributed by atoms with Crippen molar-refractivity contribution in [1.82, 2.24) is 4.98 Å². The van der Waals surface area contributed by atoms with Gasteiger partial charge in [0.1, 0.15) is 11.6 Å². The fraction of sp³-hybridized carbons (Fsp3) is 0.118. The summed E-state index contributed by atoms with van der Waals surface area (Å²) in [6, 6.07) is 12.5. The first-order chi connectivity index (χ1) is 10.1. The predicted molar refractivity (Wildman–Crippen MR) is 76.8 cm³/mol. The standard InChI is InChI=1S/C17H13F2NO/c18-14-6-11(7-15(19)10-14)8-17(21)13-4-3-12-2-1-5-20-16(12)9-13/h1-7,9-10,17,21H,8H2. The summed E-state index contributed by atoms with van der Waals surface area (Å²) in [6.45, 7) is 0. The van der Waals surface area contributed by atoms with Gasteiger partial charge in [-0.15, -0.1) is 0 Å². The Balaban J connectivity index is 1.87. The van der Waals surface area contributed by atoms with E-state index in [0.717, 1.165) is 17.0 Å². The van der Waals surface area contributed by atoms with Gasteiger partial charge < -0.3 is 5.11 Å². The highest BCUT2D eigenvalue weighted by atomic mass is 19.1. The number of fused-ring (bicyclic) bond motifs is 1. The first kappa shape index (κ1) is 13.6. The number of pyridine rings is 1. The van der Waals surface area contributed by atoms with Crippen molar-refractivity contribution >= 4 is 10.9 Å². The van der Waals surface area contributed by atoms with Crippen molar-refractivity contribution in [1.29, 1.82) is 0 Å². The van der Waals surface area contributed by atoms with Crippen molar-refractivity contribution in [3.63, 3.8) is 0 Å². The Labute approximate surface area is 120 Å². The summed E-state index contributed by atoms with van der Waals surface area (Å²) >= 11 is 0. The molecule has 0 fully saturated rings. The molecular weight excluding hydrogens is 272 g/mol. The molecule has 0 radical (unpaired) electrons. The molecular formula is C17H13F2NO. The van der Waals surface area contributed by atoms with Crippen molar-refractivity contribution < 1.29 is 13.9 Å². The van der Waals surface area contributed by atoms with Gasteiger partial charge in [0.2, 0.25) is 0 Å². The second kappa shape index (κ2) is 5.58. The monoisotopic (exact) mass is 285 g/mol. The molecule has 0 aliphatic carbocycles. The quantitative estimate of drug-likeness (QED) is 0.794. The number of aromatic nitrogens is 1. The van der Waals surface area contributed by atoms with Crippen LogP contribution < -0.4 is 0 Å². The summed E-state index contributed by atoms with van der Waals surface area (Å²) in [5.74, 6) is -1.28. The highest BCUT2D eigenvalue weighted by Crippen LogP contribution is 2.22. The summed E-state index contributed by atoms with van der Waals surface area (Å²) in [6.07, 6.45) is 0.991. The zero-order valence-electron chi connectivity index (χ0n) is 11.1. The lowest BCUT2D eigenvalue weighted by molar-refractivity contribution is 0.178. The molecule has 0 saturated carbocycles. The van der Waals surface area contributed by atoms with Crippen LogP contribution in [0.25, 0.3) is 10.9 Å². The summed E-state index contributed by atoms with van der Waals surface area (Å²) in [5.41, 5.74) is 1.87. The molecule has 1 heterocycles. The second-order valence-corrected chi connectivity index (χ2v) is 4.95. The van der Waals surface area contributed by atoms with Gasteiger partial charge in [0.05, 0.1) is 11.6 Å². The zero-order valence-corrected chi connectivity index (χ0v) is 11.1. The SMILES string of the molecule is OC(Cc1cc(F)cc(F)c1)c1ccc2cccnc2c1. The van der Waals surface area contributed by atoms with E-state index in [0.29, 0.717) is 11.1 Å². The van der Waals surface area contributed by atoms with Crippen LogP contribution in [0.1, 0.15) is 17.2 Å². The number of aliphatic hydroxyl groups is 1. The third kappa shape index (κ3) is 3.06. The van der Waals surface area contributed by atoms with Gasteiger partial charge in [0.25, 0.3) is 0 Å². The predicted octanol–water partition coefficient (Wildman–Crippen LogP) is 3.79. The molecule has 0 aliphatic heterocycles. The molecule has 0 amide bonds. The Hall–Kier alpha value is -2.33. The van der Waals surface area contributed by atoms with E-state index < -0.39 is 17.7 Å². The van der Waals surface area contributed by atoms with E-state index in [9.17, 15) is 13.9 Å². The number of aliphatic hydroxyl groups excluding tert-OH is 1. The van der Waals surface area contributed by atoms with Gasteiger partial charge in [-0.25, -0.2) is 8.78 Å². The molecule has 1 unspecified atom stereocenters. The molecule has 1 N–H and O–H groups in total. The van der Waals surface area contributed by atoms with E-state index in [1.807, 2.05) is 18.2 Å². The summed E-state index contributed by atoms with van der Waals surface area (Å²) < 4.78 is 26.3. The van der Waals surface area contributed by atoms with Crippen LogP contribution in [-0.2, 0) is 6.42 Å². The Morgan fingerprint density at radius 1 is 1.00 bits per heavy atom. The van der Waals surface area contributed by atoms with E-state index >= 15 is 0 Å². The third-order valence-corrected chi connectivity index (χ3v) is 3.37. The van der Waals surface area contributed by atoms with Crippen LogP contribution in [0.15, 0.2) is 54.7 Å². The maximum absolute atomic E-state index is 13.2. The molecule has 3 rings (SSSR count). The van der Waals surface area contributed by atoms with Gasteiger partial charge in [0, 0.05) is 24.1 Å². The molecule has 1 atom stereocenters. The highest BCUT2D eigenvalue weighted by molar-refractivity contribution is 5.78. The molecule has 21 heavy (non-hydrogen) atoms. The van der Waals surface area contributed by atoms with Crippen LogP contribution in [0.3, 0.4) is 0 Å². The summed E-state index contributed by atoms with van der Waals surface area (Å²) in [4.78, 5) is 4.23. The minimum absolute atomic E-state index is 0.146. The summed E-state index contributed by atoms with van der Waals surface area (Å²) in [5, 5.41) is 11.2. The lowest BCUT2D eigenvalue weighted by atomic mass is 10.00. The number of rotatable bonds is 3. The number of nitrogens with zero attached hydrogens (tertiary/aromatic N) is 1. The van der Waals surface area contributed by atoms with Gasteiger partial charge in [-0.05, 0) is 35.4 Å². The molecule has 4 heteroatoms. The lowest BCUT2D eigenvalue weighted by Gasteiger charge is -2.12. The largest absolute Gasteiger partial charge is 0.388 e. The van der Waals surface area contributed by atoms with E-state index in [1.54, 1.807) is 18.3 Å². The molecule has 0 spiro atoms. The molecule has 0 aliphatic rings. The molecule has 2 nitrogen and oxygen atoms in total. The second-order valence-electron chi connectivity index (χ2n) is 4.95. The third-order valence-electron chi connectivity index (χ3n) is 3.37. The highest BCUT2D eigenvalue weighted by Gasteiger charge is 2.11. The van der Waals surface area contributed by atoms with Crippen molar-refractivity contribution in [3.8, 4) is 0 Å². The van der Waals surface area contributed by atoms with E-state index in [4.69, 9.17) is 0 Å². The fourth-order valence-corrected chi connectivity index (χ4v) is 2.36. The Kier molecular flexibility index (Phi) is 3.62. The van der Waals surface area contributed by atoms with Crippen molar-refractivity contribution in [2.45, 2.75) is 12.5 Å². The average molecular weight is 285 g/mol. The molecule has 1 aromatic heterocycles. The lowest BCUT2D eigenvalue weighted by Crippen LogP contribution is -2.03. The van der Waals surface area contributed by atoms with Crippen LogP contribution >= 0.6 is 0 Å². The van der Waals surface area contributed by atoms with E-state index in [2.05, 4.69) is 4.98 Å². The van der Waals surface area contributed by atoms with Gasteiger partial charge in [-0.3, -0.25) is 4.98 Å². The topological polar surface area (TPSA) is 33.1 Å². The molecule has 106 valence electrons. The van der Waals surface area contributed by atoms with Crippen LogP contribution in [0, 0.1) is 11.6 Å². The number of hydrogen-bond donors (Lipinski definition) is 1. The van der Waals surface area contributed by atoms with Gasteiger partial charge >= 0.3 is 0 Å².